The summed E-state index contributed by atoms with van der Waals surface area (Å²) < 4.78 is 5.41. The Hall–Kier alpha value is -2.82. The first-order valence-electron chi connectivity index (χ1n) is 7.93. The normalized spacial score (nSPS) is 13.3. The Labute approximate surface area is 141 Å². The van der Waals surface area contributed by atoms with Crippen LogP contribution >= 0.6 is 0 Å². The maximum atomic E-state index is 12.9. The Morgan fingerprint density at radius 3 is 2.75 bits per heavy atom. The van der Waals surface area contributed by atoms with E-state index >= 15 is 0 Å². The van der Waals surface area contributed by atoms with E-state index in [1.807, 2.05) is 38.1 Å². The summed E-state index contributed by atoms with van der Waals surface area (Å²) in [5, 5.41) is 0. The molecule has 1 aliphatic heterocycles. The summed E-state index contributed by atoms with van der Waals surface area (Å²) in [6.45, 7) is 4.53. The van der Waals surface area contributed by atoms with E-state index < -0.39 is 0 Å². The first-order chi connectivity index (χ1) is 11.5. The third-order valence-corrected chi connectivity index (χ3v) is 4.17. The Morgan fingerprint density at radius 1 is 1.25 bits per heavy atom. The highest BCUT2D eigenvalue weighted by atomic mass is 16.5. The fourth-order valence-corrected chi connectivity index (χ4v) is 2.80. The number of rotatable bonds is 3. The van der Waals surface area contributed by atoms with Gasteiger partial charge in [0.2, 0.25) is 0 Å². The molecule has 2 aromatic carbocycles. The molecule has 24 heavy (non-hydrogen) atoms. The molecule has 2 amide bonds. The average molecular weight is 324 g/mol. The number of nitrogens with zero attached hydrogens (tertiary/aromatic N) is 2. The summed E-state index contributed by atoms with van der Waals surface area (Å²) in [7, 11) is 1.69. The molecule has 0 aliphatic carbocycles. The fourth-order valence-electron chi connectivity index (χ4n) is 2.80. The highest BCUT2D eigenvalue weighted by Crippen LogP contribution is 2.32. The van der Waals surface area contributed by atoms with E-state index in [0.29, 0.717) is 23.5 Å². The fraction of sp³-hybridized carbons (Fsp3) is 0.263. The van der Waals surface area contributed by atoms with Gasteiger partial charge in [-0.1, -0.05) is 12.1 Å². The van der Waals surface area contributed by atoms with E-state index in [9.17, 15) is 9.59 Å². The minimum atomic E-state index is -0.127. The Kier molecular flexibility index (Phi) is 4.25. The van der Waals surface area contributed by atoms with Crippen LogP contribution in [0.4, 0.5) is 11.4 Å². The number of benzene rings is 2. The second-order valence-electron chi connectivity index (χ2n) is 5.81. The molecule has 0 radical (unpaired) electrons. The lowest BCUT2D eigenvalue weighted by atomic mass is 10.1. The van der Waals surface area contributed by atoms with Crippen molar-refractivity contribution in [1.82, 2.24) is 0 Å². The second-order valence-corrected chi connectivity index (χ2v) is 5.81. The van der Waals surface area contributed by atoms with Crippen molar-refractivity contribution in [1.29, 1.82) is 0 Å². The van der Waals surface area contributed by atoms with Crippen molar-refractivity contribution in [3.63, 3.8) is 0 Å². The number of carbonyl (C=O) groups is 2. The molecule has 0 saturated carbocycles. The van der Waals surface area contributed by atoms with Gasteiger partial charge < -0.3 is 14.5 Å². The standard InChI is InChI=1S/C19H20N2O3/c1-4-21(15-7-5-6-13(2)10-15)19(23)14-8-9-17-16(11-14)20(3)18(22)12-24-17/h5-11H,4,12H2,1-3H3. The van der Waals surface area contributed by atoms with Crippen LogP contribution in [0.25, 0.3) is 0 Å². The molecule has 2 aromatic rings. The highest BCUT2D eigenvalue weighted by Gasteiger charge is 2.24. The number of anilines is 2. The van der Waals surface area contributed by atoms with Crippen LogP contribution in [0.2, 0.25) is 0 Å². The topological polar surface area (TPSA) is 49.9 Å². The van der Waals surface area contributed by atoms with Gasteiger partial charge in [-0.3, -0.25) is 9.59 Å². The van der Waals surface area contributed by atoms with Gasteiger partial charge in [-0.25, -0.2) is 0 Å². The van der Waals surface area contributed by atoms with E-state index in [1.165, 1.54) is 4.90 Å². The molecule has 0 N–H and O–H groups in total. The highest BCUT2D eigenvalue weighted by molar-refractivity contribution is 6.08. The molecule has 1 aliphatic rings. The van der Waals surface area contributed by atoms with Gasteiger partial charge in [0.15, 0.2) is 6.61 Å². The van der Waals surface area contributed by atoms with Crippen molar-refractivity contribution in [2.24, 2.45) is 0 Å². The number of hydrogen-bond acceptors (Lipinski definition) is 3. The first-order valence-corrected chi connectivity index (χ1v) is 7.93. The molecular weight excluding hydrogens is 304 g/mol. The summed E-state index contributed by atoms with van der Waals surface area (Å²) in [5.41, 5.74) is 3.11. The van der Waals surface area contributed by atoms with Gasteiger partial charge >= 0.3 is 0 Å². The summed E-state index contributed by atoms with van der Waals surface area (Å²) in [6, 6.07) is 13.0. The lowest BCUT2D eigenvalue weighted by molar-refractivity contribution is -0.120. The molecule has 5 nitrogen and oxygen atoms in total. The number of carbonyl (C=O) groups excluding carboxylic acids is 2. The van der Waals surface area contributed by atoms with Gasteiger partial charge in [0.25, 0.3) is 11.8 Å². The Bertz CT molecular complexity index is 801. The van der Waals surface area contributed by atoms with Crippen LogP contribution < -0.4 is 14.5 Å². The number of likely N-dealkylation sites (N-methyl/N-ethyl adjacent to an activating group) is 1. The minimum absolute atomic E-state index is 0.0289. The number of hydrogen-bond donors (Lipinski definition) is 0. The van der Waals surface area contributed by atoms with Crippen molar-refractivity contribution in [3.05, 3.63) is 53.6 Å². The number of fused-ring (bicyclic) bond motifs is 1. The zero-order valence-corrected chi connectivity index (χ0v) is 14.1. The zero-order valence-electron chi connectivity index (χ0n) is 14.1. The van der Waals surface area contributed by atoms with Gasteiger partial charge in [-0.2, -0.15) is 0 Å². The molecule has 5 heteroatoms. The molecule has 124 valence electrons. The van der Waals surface area contributed by atoms with Crippen molar-refractivity contribution in [2.75, 3.05) is 30.0 Å². The monoisotopic (exact) mass is 324 g/mol. The van der Waals surface area contributed by atoms with E-state index in [2.05, 4.69) is 0 Å². The number of amides is 2. The van der Waals surface area contributed by atoms with E-state index in [-0.39, 0.29) is 18.4 Å². The molecule has 3 rings (SSSR count). The summed E-state index contributed by atoms with van der Waals surface area (Å²) in [5.74, 6) is 0.391. The lowest BCUT2D eigenvalue weighted by Crippen LogP contribution is -2.36. The smallest absolute Gasteiger partial charge is 0.264 e. The van der Waals surface area contributed by atoms with E-state index in [0.717, 1.165) is 11.3 Å². The van der Waals surface area contributed by atoms with Crippen LogP contribution in [0.5, 0.6) is 5.75 Å². The Balaban J connectivity index is 1.96. The molecule has 0 unspecified atom stereocenters. The Morgan fingerprint density at radius 2 is 2.04 bits per heavy atom. The largest absolute Gasteiger partial charge is 0.482 e. The molecule has 0 spiro atoms. The first kappa shape index (κ1) is 16.1. The summed E-state index contributed by atoms with van der Waals surface area (Å²) in [4.78, 5) is 28.0. The van der Waals surface area contributed by atoms with E-state index in [4.69, 9.17) is 4.74 Å². The second kappa shape index (κ2) is 6.35. The van der Waals surface area contributed by atoms with Crippen LogP contribution in [0.3, 0.4) is 0 Å². The van der Waals surface area contributed by atoms with Crippen LogP contribution in [0.1, 0.15) is 22.8 Å². The maximum absolute atomic E-state index is 12.9. The van der Waals surface area contributed by atoms with Crippen molar-refractivity contribution in [2.45, 2.75) is 13.8 Å². The predicted octanol–water partition coefficient (Wildman–Crippen LogP) is 3.02. The maximum Gasteiger partial charge on any atom is 0.264 e. The summed E-state index contributed by atoms with van der Waals surface area (Å²) >= 11 is 0. The van der Waals surface area contributed by atoms with Crippen LogP contribution in [-0.2, 0) is 4.79 Å². The quantitative estimate of drug-likeness (QED) is 0.872. The molecule has 0 fully saturated rings. The zero-order chi connectivity index (χ0) is 17.3. The van der Waals surface area contributed by atoms with Gasteiger partial charge in [-0.05, 0) is 49.7 Å². The minimum Gasteiger partial charge on any atom is -0.482 e. The molecule has 0 aromatic heterocycles. The van der Waals surface area contributed by atoms with Gasteiger partial charge in [-0.15, -0.1) is 0 Å². The van der Waals surface area contributed by atoms with Crippen LogP contribution in [-0.4, -0.2) is 32.0 Å². The van der Waals surface area contributed by atoms with E-state index in [1.54, 1.807) is 30.1 Å². The summed E-state index contributed by atoms with van der Waals surface area (Å²) in [6.07, 6.45) is 0. The predicted molar refractivity (Wildman–Crippen MR) is 93.9 cm³/mol. The molecule has 0 bridgehead atoms. The molecular formula is C19H20N2O3. The van der Waals surface area contributed by atoms with Crippen molar-refractivity contribution in [3.8, 4) is 5.75 Å². The number of ether oxygens (including phenoxy) is 1. The average Bonchev–Trinajstić information content (AvgIpc) is 2.58. The van der Waals surface area contributed by atoms with Gasteiger partial charge in [0.05, 0.1) is 5.69 Å². The third kappa shape index (κ3) is 2.85. The van der Waals surface area contributed by atoms with Gasteiger partial charge in [0.1, 0.15) is 5.75 Å². The third-order valence-electron chi connectivity index (χ3n) is 4.17. The van der Waals surface area contributed by atoms with Gasteiger partial charge in [0, 0.05) is 24.8 Å². The van der Waals surface area contributed by atoms with Crippen LogP contribution in [0, 0.1) is 6.92 Å². The van der Waals surface area contributed by atoms with Crippen LogP contribution in [0.15, 0.2) is 42.5 Å². The van der Waals surface area contributed by atoms with Crippen molar-refractivity contribution >= 4 is 23.2 Å². The number of aryl methyl sites for hydroxylation is 1. The SMILES string of the molecule is CCN(C(=O)c1ccc2c(c1)N(C)C(=O)CO2)c1cccc(C)c1. The molecule has 1 heterocycles. The molecule has 0 atom stereocenters. The van der Waals surface area contributed by atoms with Crippen molar-refractivity contribution < 1.29 is 14.3 Å². The lowest BCUT2D eigenvalue weighted by Gasteiger charge is -2.27. The molecule has 0 saturated heterocycles.